The highest BCUT2D eigenvalue weighted by Gasteiger charge is 2.73. The molecule has 4 aliphatic rings. The van der Waals surface area contributed by atoms with Crippen LogP contribution in [0.2, 0.25) is 0 Å². The van der Waals surface area contributed by atoms with Gasteiger partial charge in [-0.1, -0.05) is 79.8 Å². The minimum Gasteiger partial charge on any atom is -0.393 e. The van der Waals surface area contributed by atoms with E-state index in [9.17, 15) is 0 Å². The molecule has 4 aliphatic carbocycles. The summed E-state index contributed by atoms with van der Waals surface area (Å²) in [6.45, 7) is 2.48. The molecule has 2 N–H and O–H groups in total. The van der Waals surface area contributed by atoms with Gasteiger partial charge in [-0.2, -0.15) is 0 Å². The number of benzene rings is 2. The second-order valence-corrected chi connectivity index (χ2v) is 9.29. The van der Waals surface area contributed by atoms with Crippen LogP contribution in [0.25, 0.3) is 0 Å². The summed E-state index contributed by atoms with van der Waals surface area (Å²) in [5.41, 5.74) is 9.91. The number of nitrogens with two attached hydrogens (primary N) is 1. The number of hydrogen-bond acceptors (Lipinski definition) is 1. The molecule has 0 spiro atoms. The molecular formula is C23H25NS. The molecule has 0 radical (unpaired) electrons. The van der Waals surface area contributed by atoms with Gasteiger partial charge in [0.2, 0.25) is 0 Å². The summed E-state index contributed by atoms with van der Waals surface area (Å²) in [6, 6.07) is 22.2. The van der Waals surface area contributed by atoms with E-state index < -0.39 is 0 Å². The molecule has 6 rings (SSSR count). The predicted octanol–water partition coefficient (Wildman–Crippen LogP) is 4.99. The first-order valence-corrected chi connectivity index (χ1v) is 9.83. The molecule has 0 saturated heterocycles. The molecule has 1 nitrogen and oxygen atoms in total. The minimum absolute atomic E-state index is 0.0404. The van der Waals surface area contributed by atoms with Crippen LogP contribution in [0.1, 0.15) is 43.7 Å². The van der Waals surface area contributed by atoms with Crippen molar-refractivity contribution < 1.29 is 0 Å². The maximum Gasteiger partial charge on any atom is 0.0793 e. The highest BCUT2D eigenvalue weighted by atomic mass is 32.1. The zero-order valence-electron chi connectivity index (χ0n) is 14.7. The van der Waals surface area contributed by atoms with Gasteiger partial charge in [-0.15, -0.1) is 0 Å². The molecule has 25 heavy (non-hydrogen) atoms. The zero-order valence-corrected chi connectivity index (χ0v) is 15.6. The fourth-order valence-corrected chi connectivity index (χ4v) is 7.25. The van der Waals surface area contributed by atoms with Gasteiger partial charge in [-0.25, -0.2) is 0 Å². The Morgan fingerprint density at radius 3 is 2.12 bits per heavy atom. The van der Waals surface area contributed by atoms with Crippen LogP contribution in [0.3, 0.4) is 0 Å². The van der Waals surface area contributed by atoms with Crippen LogP contribution in [0.5, 0.6) is 0 Å². The molecule has 4 unspecified atom stereocenters. The lowest BCUT2D eigenvalue weighted by atomic mass is 9.56. The SMILES string of the molecule is C[C@@]1(c2ccccc2)C2CC3(c4ccccc4)CC1C(C(N)=S)(C2)C3. The molecule has 2 aromatic carbocycles. The fraction of sp³-hybridized carbons (Fsp3) is 0.435. The topological polar surface area (TPSA) is 26.0 Å². The van der Waals surface area contributed by atoms with E-state index in [-0.39, 0.29) is 16.2 Å². The second kappa shape index (κ2) is 4.94. The third-order valence-corrected chi connectivity index (χ3v) is 8.41. The van der Waals surface area contributed by atoms with Crippen molar-refractivity contribution in [3.05, 3.63) is 71.8 Å². The third kappa shape index (κ3) is 1.81. The largest absolute Gasteiger partial charge is 0.393 e. The van der Waals surface area contributed by atoms with E-state index in [0.717, 1.165) is 11.4 Å². The van der Waals surface area contributed by atoms with E-state index >= 15 is 0 Å². The maximum absolute atomic E-state index is 6.42. The second-order valence-electron chi connectivity index (χ2n) is 8.85. The first-order chi connectivity index (χ1) is 12.0. The summed E-state index contributed by atoms with van der Waals surface area (Å²) in [5.74, 6) is 1.21. The standard InChI is InChI=1S/C23H25NS/c1-21(16-8-4-2-5-9-16)18-12-22(17-10-6-3-7-11-17)14-19(21)23(13-18,15-22)20(24)25/h2-11,18-19H,12-15H2,1H3,(H2,24,25)/t18?,19?,21-,22?,23?/m1/s1. The number of thiocarbonyl (C=S) groups is 1. The van der Waals surface area contributed by atoms with Crippen molar-refractivity contribution in [2.45, 2.75) is 43.4 Å². The Balaban J connectivity index is 1.67. The summed E-state index contributed by atoms with van der Waals surface area (Å²) in [6.07, 6.45) is 4.80. The number of rotatable bonds is 3. The van der Waals surface area contributed by atoms with E-state index in [1.807, 2.05) is 0 Å². The van der Waals surface area contributed by atoms with Crippen LogP contribution in [-0.2, 0) is 10.8 Å². The van der Waals surface area contributed by atoms with Crippen molar-refractivity contribution in [3.8, 4) is 0 Å². The van der Waals surface area contributed by atoms with Gasteiger partial charge in [0.1, 0.15) is 0 Å². The van der Waals surface area contributed by atoms with Crippen molar-refractivity contribution in [1.82, 2.24) is 0 Å². The average Bonchev–Trinajstić information content (AvgIpc) is 3.00. The molecule has 0 amide bonds. The lowest BCUT2D eigenvalue weighted by Crippen LogP contribution is -2.43. The smallest absolute Gasteiger partial charge is 0.0793 e. The molecule has 4 bridgehead atoms. The van der Waals surface area contributed by atoms with E-state index in [2.05, 4.69) is 67.6 Å². The molecular weight excluding hydrogens is 322 g/mol. The van der Waals surface area contributed by atoms with E-state index in [1.54, 1.807) is 0 Å². The Labute approximate surface area is 155 Å². The Hall–Kier alpha value is -1.67. The van der Waals surface area contributed by atoms with Crippen LogP contribution in [0.4, 0.5) is 0 Å². The van der Waals surface area contributed by atoms with Crippen LogP contribution >= 0.6 is 12.2 Å². The molecule has 2 aromatic rings. The van der Waals surface area contributed by atoms with Gasteiger partial charge in [0.05, 0.1) is 4.99 Å². The monoisotopic (exact) mass is 347 g/mol. The zero-order chi connectivity index (χ0) is 17.3. The molecule has 0 heterocycles. The van der Waals surface area contributed by atoms with E-state index in [4.69, 9.17) is 18.0 Å². The van der Waals surface area contributed by atoms with Gasteiger partial charge in [0.25, 0.3) is 0 Å². The van der Waals surface area contributed by atoms with Gasteiger partial charge >= 0.3 is 0 Å². The van der Waals surface area contributed by atoms with Crippen LogP contribution in [-0.4, -0.2) is 4.99 Å². The quantitative estimate of drug-likeness (QED) is 0.792. The molecule has 4 saturated carbocycles. The summed E-state index contributed by atoms with van der Waals surface area (Å²) in [4.78, 5) is 0.764. The van der Waals surface area contributed by atoms with Gasteiger partial charge in [-0.05, 0) is 59.5 Å². The molecule has 128 valence electrons. The van der Waals surface area contributed by atoms with Gasteiger partial charge < -0.3 is 5.73 Å². The summed E-state index contributed by atoms with van der Waals surface area (Å²) in [5, 5.41) is 0. The van der Waals surface area contributed by atoms with Crippen molar-refractivity contribution in [2.75, 3.05) is 0 Å². The van der Waals surface area contributed by atoms with Gasteiger partial charge in [0.15, 0.2) is 0 Å². The van der Waals surface area contributed by atoms with Crippen molar-refractivity contribution >= 4 is 17.2 Å². The Morgan fingerprint density at radius 2 is 1.52 bits per heavy atom. The van der Waals surface area contributed by atoms with Gasteiger partial charge in [0, 0.05) is 5.41 Å². The highest BCUT2D eigenvalue weighted by Crippen LogP contribution is 2.76. The Morgan fingerprint density at radius 1 is 0.920 bits per heavy atom. The van der Waals surface area contributed by atoms with E-state index in [0.29, 0.717) is 11.8 Å². The van der Waals surface area contributed by atoms with Crippen LogP contribution < -0.4 is 5.73 Å². The van der Waals surface area contributed by atoms with Crippen molar-refractivity contribution in [1.29, 1.82) is 0 Å². The predicted molar refractivity (Wildman–Crippen MR) is 107 cm³/mol. The summed E-state index contributed by atoms with van der Waals surface area (Å²) >= 11 is 5.69. The highest BCUT2D eigenvalue weighted by molar-refractivity contribution is 7.80. The lowest BCUT2D eigenvalue weighted by molar-refractivity contribution is 0.141. The minimum atomic E-state index is 0.0404. The maximum atomic E-state index is 6.42. The average molecular weight is 348 g/mol. The van der Waals surface area contributed by atoms with Crippen LogP contribution in [0.15, 0.2) is 60.7 Å². The van der Waals surface area contributed by atoms with Crippen molar-refractivity contribution in [3.63, 3.8) is 0 Å². The molecule has 5 atom stereocenters. The molecule has 2 heteroatoms. The van der Waals surface area contributed by atoms with Gasteiger partial charge in [-0.3, -0.25) is 0 Å². The normalized spacial score (nSPS) is 41.2. The summed E-state index contributed by atoms with van der Waals surface area (Å²) < 4.78 is 0. The third-order valence-electron chi connectivity index (χ3n) is 8.01. The fourth-order valence-electron chi connectivity index (χ4n) is 6.96. The molecule has 4 fully saturated rings. The Kier molecular flexibility index (Phi) is 3.08. The number of hydrogen-bond donors (Lipinski definition) is 1. The molecule has 0 aromatic heterocycles. The Bertz CT molecular complexity index is 832. The lowest BCUT2D eigenvalue weighted by Gasteiger charge is -2.48. The van der Waals surface area contributed by atoms with Crippen LogP contribution in [0, 0.1) is 17.3 Å². The summed E-state index contributed by atoms with van der Waals surface area (Å²) in [7, 11) is 0. The van der Waals surface area contributed by atoms with E-state index in [1.165, 1.54) is 30.4 Å². The van der Waals surface area contributed by atoms with Crippen molar-refractivity contribution in [2.24, 2.45) is 23.0 Å². The first kappa shape index (κ1) is 15.6. The molecule has 0 aliphatic heterocycles. The first-order valence-electron chi connectivity index (χ1n) is 9.42.